The van der Waals surface area contributed by atoms with Crippen LogP contribution in [0.1, 0.15) is 27.6 Å². The third-order valence-corrected chi connectivity index (χ3v) is 4.93. The largest absolute Gasteiger partial charge is 0.478 e. The lowest BCUT2D eigenvalue weighted by Gasteiger charge is -2.11. The van der Waals surface area contributed by atoms with Crippen molar-refractivity contribution in [2.24, 2.45) is 0 Å². The Kier molecular flexibility index (Phi) is 4.91. The maximum absolute atomic E-state index is 13.5. The number of nitrogens with one attached hydrogen (secondary N) is 1. The van der Waals surface area contributed by atoms with Gasteiger partial charge in [-0.2, -0.15) is 0 Å². The minimum absolute atomic E-state index is 0.136. The Balaban J connectivity index is 2.42. The number of Topliss-reactive ketones (excluding diaryl/α,β-unsaturated/α-hetero) is 1. The summed E-state index contributed by atoms with van der Waals surface area (Å²) < 4.78 is 40.4. The van der Waals surface area contributed by atoms with Gasteiger partial charge in [-0.25, -0.2) is 17.6 Å². The zero-order valence-electron chi connectivity index (χ0n) is 12.2. The molecule has 0 heterocycles. The van der Waals surface area contributed by atoms with E-state index < -0.39 is 37.3 Å². The first kappa shape index (κ1) is 17.9. The van der Waals surface area contributed by atoms with Gasteiger partial charge in [-0.3, -0.25) is 9.52 Å². The van der Waals surface area contributed by atoms with Gasteiger partial charge in [-0.05, 0) is 43.3 Å². The molecule has 0 fully saturated rings. The molecule has 126 valence electrons. The predicted octanol–water partition coefficient (Wildman–Crippen LogP) is 3.18. The molecule has 0 aliphatic carbocycles. The normalized spacial score (nSPS) is 11.1. The molecule has 0 aliphatic rings. The average Bonchev–Trinajstić information content (AvgIpc) is 2.46. The molecule has 0 bridgehead atoms. The molecule has 0 radical (unpaired) electrons. The molecule has 0 aliphatic heterocycles. The maximum Gasteiger partial charge on any atom is 0.338 e. The standard InChI is InChI=1S/C15H11ClFNO5S/c1-8(19)9-2-4-10(5-3-9)18-24(22,23)14-6-11(15(20)21)13(17)7-12(14)16/h2-7,18H,1H3,(H,20,21). The Morgan fingerprint density at radius 3 is 2.25 bits per heavy atom. The van der Waals surface area contributed by atoms with Crippen LogP contribution in [-0.2, 0) is 10.0 Å². The van der Waals surface area contributed by atoms with Gasteiger partial charge in [-0.1, -0.05) is 11.6 Å². The van der Waals surface area contributed by atoms with E-state index in [-0.39, 0.29) is 11.5 Å². The number of rotatable bonds is 5. The van der Waals surface area contributed by atoms with E-state index in [0.717, 1.165) is 0 Å². The quantitative estimate of drug-likeness (QED) is 0.786. The van der Waals surface area contributed by atoms with Crippen molar-refractivity contribution in [3.05, 3.63) is 58.4 Å². The van der Waals surface area contributed by atoms with Gasteiger partial charge in [0.05, 0.1) is 10.6 Å². The Bertz CT molecular complexity index is 926. The van der Waals surface area contributed by atoms with Crippen molar-refractivity contribution in [2.45, 2.75) is 11.8 Å². The number of anilines is 1. The second kappa shape index (κ2) is 6.58. The molecule has 2 N–H and O–H groups in total. The third kappa shape index (κ3) is 3.72. The molecule has 0 aromatic heterocycles. The van der Waals surface area contributed by atoms with Gasteiger partial charge in [-0.15, -0.1) is 0 Å². The highest BCUT2D eigenvalue weighted by molar-refractivity contribution is 7.92. The molecule has 0 saturated heterocycles. The minimum Gasteiger partial charge on any atom is -0.478 e. The van der Waals surface area contributed by atoms with E-state index in [1.165, 1.54) is 31.2 Å². The number of carbonyl (C=O) groups excluding carboxylic acids is 1. The molecule has 6 nitrogen and oxygen atoms in total. The van der Waals surface area contributed by atoms with Crippen molar-refractivity contribution in [3.63, 3.8) is 0 Å². The van der Waals surface area contributed by atoms with Crippen molar-refractivity contribution < 1.29 is 27.5 Å². The van der Waals surface area contributed by atoms with Crippen molar-refractivity contribution in [2.75, 3.05) is 4.72 Å². The van der Waals surface area contributed by atoms with Crippen LogP contribution >= 0.6 is 11.6 Å². The fourth-order valence-corrected chi connectivity index (χ4v) is 3.48. The SMILES string of the molecule is CC(=O)c1ccc(NS(=O)(=O)c2cc(C(=O)O)c(F)cc2Cl)cc1. The van der Waals surface area contributed by atoms with E-state index >= 15 is 0 Å². The van der Waals surface area contributed by atoms with Gasteiger partial charge in [0.1, 0.15) is 10.7 Å². The number of carboxylic acid groups (broad SMARTS) is 1. The van der Waals surface area contributed by atoms with E-state index in [0.29, 0.717) is 17.7 Å². The Hall–Kier alpha value is -2.45. The average molecular weight is 372 g/mol. The molecule has 2 aromatic rings. The first-order valence-electron chi connectivity index (χ1n) is 6.48. The van der Waals surface area contributed by atoms with Crippen LogP contribution < -0.4 is 4.72 Å². The molecule has 0 unspecified atom stereocenters. The number of sulfonamides is 1. The van der Waals surface area contributed by atoms with Crippen LogP contribution in [0.25, 0.3) is 0 Å². The number of aromatic carboxylic acids is 1. The van der Waals surface area contributed by atoms with E-state index in [1.807, 2.05) is 0 Å². The third-order valence-electron chi connectivity index (χ3n) is 3.09. The van der Waals surface area contributed by atoms with Gasteiger partial charge >= 0.3 is 5.97 Å². The molecule has 2 aromatic carbocycles. The minimum atomic E-state index is -4.25. The topological polar surface area (TPSA) is 101 Å². The fraction of sp³-hybridized carbons (Fsp3) is 0.0667. The van der Waals surface area contributed by atoms with Gasteiger partial charge in [0.2, 0.25) is 0 Å². The molecular formula is C15H11ClFNO5S. The highest BCUT2D eigenvalue weighted by Crippen LogP contribution is 2.27. The van der Waals surface area contributed by atoms with Gasteiger partial charge in [0.15, 0.2) is 5.78 Å². The maximum atomic E-state index is 13.5. The summed E-state index contributed by atoms with van der Waals surface area (Å²) in [6, 6.07) is 6.85. The lowest BCUT2D eigenvalue weighted by Crippen LogP contribution is -2.15. The Morgan fingerprint density at radius 1 is 1.17 bits per heavy atom. The number of ketones is 1. The van der Waals surface area contributed by atoms with Crippen LogP contribution in [0.2, 0.25) is 5.02 Å². The van der Waals surface area contributed by atoms with E-state index in [2.05, 4.69) is 4.72 Å². The van der Waals surface area contributed by atoms with Crippen LogP contribution in [0, 0.1) is 5.82 Å². The second-order valence-electron chi connectivity index (χ2n) is 4.81. The summed E-state index contributed by atoms with van der Waals surface area (Å²) in [6.45, 7) is 1.37. The van der Waals surface area contributed by atoms with Crippen molar-refractivity contribution in [1.29, 1.82) is 0 Å². The van der Waals surface area contributed by atoms with Crippen molar-refractivity contribution in [3.8, 4) is 0 Å². The summed E-state index contributed by atoms with van der Waals surface area (Å²) in [5.41, 5.74) is -0.283. The summed E-state index contributed by atoms with van der Waals surface area (Å²) in [4.78, 5) is 21.6. The van der Waals surface area contributed by atoms with Crippen LogP contribution in [0.4, 0.5) is 10.1 Å². The summed E-state index contributed by atoms with van der Waals surface area (Å²) in [5, 5.41) is 8.44. The molecule has 0 spiro atoms. The zero-order valence-corrected chi connectivity index (χ0v) is 13.8. The van der Waals surface area contributed by atoms with Crippen molar-refractivity contribution >= 4 is 39.1 Å². The lowest BCUT2D eigenvalue weighted by atomic mass is 10.1. The van der Waals surface area contributed by atoms with E-state index in [1.54, 1.807) is 0 Å². The second-order valence-corrected chi connectivity index (χ2v) is 6.86. The number of carboxylic acids is 1. The number of benzene rings is 2. The monoisotopic (exact) mass is 371 g/mol. The summed E-state index contributed by atoms with van der Waals surface area (Å²) >= 11 is 5.73. The number of hydrogen-bond donors (Lipinski definition) is 2. The van der Waals surface area contributed by atoms with Crippen LogP contribution in [-0.4, -0.2) is 25.3 Å². The summed E-state index contributed by atoms with van der Waals surface area (Å²) in [5.74, 6) is -2.94. The van der Waals surface area contributed by atoms with Gasteiger partial charge in [0.25, 0.3) is 10.0 Å². The van der Waals surface area contributed by atoms with E-state index in [9.17, 15) is 22.4 Å². The Labute approximate surface area is 141 Å². The Morgan fingerprint density at radius 2 is 1.75 bits per heavy atom. The zero-order chi connectivity index (χ0) is 18.1. The first-order chi connectivity index (χ1) is 11.1. The number of halogens is 2. The lowest BCUT2D eigenvalue weighted by molar-refractivity contribution is 0.0691. The van der Waals surface area contributed by atoms with Crippen LogP contribution in [0.5, 0.6) is 0 Å². The molecule has 0 amide bonds. The highest BCUT2D eigenvalue weighted by atomic mass is 35.5. The van der Waals surface area contributed by atoms with E-state index in [4.69, 9.17) is 16.7 Å². The summed E-state index contributed by atoms with van der Waals surface area (Å²) in [7, 11) is -4.25. The molecular weight excluding hydrogens is 361 g/mol. The summed E-state index contributed by atoms with van der Waals surface area (Å²) in [6.07, 6.45) is 0. The molecule has 24 heavy (non-hydrogen) atoms. The van der Waals surface area contributed by atoms with Gasteiger partial charge < -0.3 is 5.11 Å². The molecule has 0 saturated carbocycles. The van der Waals surface area contributed by atoms with Crippen LogP contribution in [0.3, 0.4) is 0 Å². The van der Waals surface area contributed by atoms with Gasteiger partial charge in [0, 0.05) is 11.3 Å². The molecule has 0 atom stereocenters. The highest BCUT2D eigenvalue weighted by Gasteiger charge is 2.23. The van der Waals surface area contributed by atoms with Crippen molar-refractivity contribution in [1.82, 2.24) is 0 Å². The molecule has 2 rings (SSSR count). The first-order valence-corrected chi connectivity index (χ1v) is 8.34. The number of hydrogen-bond acceptors (Lipinski definition) is 4. The van der Waals surface area contributed by atoms with Crippen LogP contribution in [0.15, 0.2) is 41.3 Å². The fourth-order valence-electron chi connectivity index (χ4n) is 1.88. The molecule has 9 heteroatoms. The smallest absolute Gasteiger partial charge is 0.338 e. The number of carbonyl (C=O) groups is 2. The predicted molar refractivity (Wildman–Crippen MR) is 85.6 cm³/mol.